The number of aliphatic hydroxyl groups is 6. The zero-order chi connectivity index (χ0) is 38.9. The molecular formula is C43H85NO9. The first-order valence-corrected chi connectivity index (χ1v) is 22.3. The minimum absolute atomic E-state index is 0.256. The molecule has 0 aliphatic carbocycles. The van der Waals surface area contributed by atoms with Crippen molar-refractivity contribution in [2.75, 3.05) is 13.2 Å². The molecule has 1 saturated heterocycles. The van der Waals surface area contributed by atoms with Crippen LogP contribution in [0.3, 0.4) is 0 Å². The second kappa shape index (κ2) is 34.4. The molecule has 1 rings (SSSR count). The summed E-state index contributed by atoms with van der Waals surface area (Å²) >= 11 is 0. The van der Waals surface area contributed by atoms with Crippen molar-refractivity contribution in [3.05, 3.63) is 0 Å². The Morgan fingerprint density at radius 1 is 0.585 bits per heavy atom. The minimum atomic E-state index is -1.60. The summed E-state index contributed by atoms with van der Waals surface area (Å²) < 4.78 is 11.1. The Morgan fingerprint density at radius 2 is 0.981 bits per heavy atom. The molecule has 0 aromatic rings. The van der Waals surface area contributed by atoms with Crippen molar-refractivity contribution >= 4 is 5.91 Å². The lowest BCUT2D eigenvalue weighted by molar-refractivity contribution is -0.303. The summed E-state index contributed by atoms with van der Waals surface area (Å²) in [6.45, 7) is 3.57. The van der Waals surface area contributed by atoms with Gasteiger partial charge >= 0.3 is 0 Å². The fourth-order valence-corrected chi connectivity index (χ4v) is 7.38. The van der Waals surface area contributed by atoms with Gasteiger partial charge in [-0.05, 0) is 12.8 Å². The zero-order valence-electron chi connectivity index (χ0n) is 34.2. The highest BCUT2D eigenvalue weighted by atomic mass is 16.7. The lowest BCUT2D eigenvalue weighted by Gasteiger charge is -2.40. The predicted octanol–water partition coefficient (Wildman–Crippen LogP) is 7.75. The number of amides is 1. The van der Waals surface area contributed by atoms with Gasteiger partial charge in [0, 0.05) is 6.42 Å². The molecule has 10 nitrogen and oxygen atoms in total. The van der Waals surface area contributed by atoms with E-state index in [1.165, 1.54) is 135 Å². The van der Waals surface area contributed by atoms with Crippen molar-refractivity contribution < 1.29 is 44.9 Å². The number of nitrogens with one attached hydrogen (secondary N) is 1. The molecular weight excluding hydrogens is 674 g/mol. The highest BCUT2D eigenvalue weighted by Gasteiger charge is 2.44. The van der Waals surface area contributed by atoms with Gasteiger partial charge in [-0.25, -0.2) is 0 Å². The van der Waals surface area contributed by atoms with Crippen LogP contribution in [0, 0.1) is 0 Å². The van der Waals surface area contributed by atoms with Gasteiger partial charge < -0.3 is 45.4 Å². The van der Waals surface area contributed by atoms with Crippen LogP contribution in [0.2, 0.25) is 0 Å². The fraction of sp³-hybridized carbons (Fsp3) is 0.977. The van der Waals surface area contributed by atoms with Gasteiger partial charge in [-0.15, -0.1) is 0 Å². The van der Waals surface area contributed by atoms with E-state index < -0.39 is 55.6 Å². The smallest absolute Gasteiger partial charge is 0.220 e. The Labute approximate surface area is 324 Å². The normalized spacial score (nSPS) is 22.2. The largest absolute Gasteiger partial charge is 0.394 e. The number of rotatable bonds is 37. The first-order valence-electron chi connectivity index (χ1n) is 22.3. The maximum Gasteiger partial charge on any atom is 0.220 e. The highest BCUT2D eigenvalue weighted by Crippen LogP contribution is 2.23. The number of carbonyl (C=O) groups is 1. The van der Waals surface area contributed by atoms with Crippen molar-refractivity contribution in [2.24, 2.45) is 0 Å². The molecule has 1 aliphatic rings. The third-order valence-corrected chi connectivity index (χ3v) is 11.1. The Bertz CT molecular complexity index is 819. The molecule has 1 aliphatic heterocycles. The summed E-state index contributed by atoms with van der Waals surface area (Å²) in [5.41, 5.74) is 0. The van der Waals surface area contributed by atoms with Gasteiger partial charge in [0.15, 0.2) is 6.29 Å². The zero-order valence-corrected chi connectivity index (χ0v) is 34.2. The molecule has 8 atom stereocenters. The van der Waals surface area contributed by atoms with Crippen LogP contribution >= 0.6 is 0 Å². The van der Waals surface area contributed by atoms with Crippen LogP contribution in [-0.4, -0.2) is 98.7 Å². The van der Waals surface area contributed by atoms with Crippen LogP contribution in [0.25, 0.3) is 0 Å². The molecule has 10 heteroatoms. The molecule has 0 spiro atoms. The quantitative estimate of drug-likeness (QED) is 0.0313. The van der Waals surface area contributed by atoms with E-state index in [9.17, 15) is 35.4 Å². The molecule has 1 heterocycles. The van der Waals surface area contributed by atoms with E-state index in [0.29, 0.717) is 6.42 Å². The Morgan fingerprint density at radius 3 is 1.40 bits per heavy atom. The topological polar surface area (TPSA) is 169 Å². The molecule has 0 aromatic heterocycles. The van der Waals surface area contributed by atoms with E-state index in [1.54, 1.807) is 0 Å². The van der Waals surface area contributed by atoms with E-state index in [-0.39, 0.29) is 18.9 Å². The molecule has 2 unspecified atom stereocenters. The Kier molecular flexibility index (Phi) is 32.6. The minimum Gasteiger partial charge on any atom is -0.394 e. The second-order valence-corrected chi connectivity index (χ2v) is 16.0. The third-order valence-electron chi connectivity index (χ3n) is 11.1. The fourth-order valence-electron chi connectivity index (χ4n) is 7.38. The van der Waals surface area contributed by atoms with Gasteiger partial charge in [0.1, 0.15) is 30.5 Å². The van der Waals surface area contributed by atoms with Crippen molar-refractivity contribution in [1.29, 1.82) is 0 Å². The number of ether oxygens (including phenoxy) is 2. The van der Waals surface area contributed by atoms with Crippen molar-refractivity contribution in [3.8, 4) is 0 Å². The standard InChI is InChI=1S/C43H85NO9/c1-3-5-7-9-11-13-14-15-16-17-18-19-20-21-22-23-24-26-28-30-32-38(47)44-35(34-52-43-42(51)41(50)40(49)37(33-45)53-43)39(48)36(46)31-29-27-25-12-10-8-6-4-2/h35-37,39-43,45-46,48-51H,3-34H2,1-2H3,(H,44,47)/t35-,36+,37+,39-,40-,41?,42?,43+/m0/s1. The SMILES string of the molecule is CCCCCCCCCCCCCCCCCCCCCCC(=O)N[C@@H](CO[C@@H]1O[C@H](CO)[C@H](O)C(O)C1O)[C@H](O)[C@H](O)CCCCCCCCCC. The number of unbranched alkanes of at least 4 members (excludes halogenated alkanes) is 26. The van der Waals surface area contributed by atoms with Crippen molar-refractivity contribution in [2.45, 2.75) is 255 Å². The first kappa shape index (κ1) is 50.2. The molecule has 0 saturated carbocycles. The van der Waals surface area contributed by atoms with Crippen LogP contribution in [0.5, 0.6) is 0 Å². The maximum atomic E-state index is 12.9. The van der Waals surface area contributed by atoms with Crippen LogP contribution in [-0.2, 0) is 14.3 Å². The average Bonchev–Trinajstić information content (AvgIpc) is 3.16. The molecule has 316 valence electrons. The van der Waals surface area contributed by atoms with Crippen molar-refractivity contribution in [3.63, 3.8) is 0 Å². The van der Waals surface area contributed by atoms with E-state index in [0.717, 1.165) is 44.9 Å². The monoisotopic (exact) mass is 760 g/mol. The van der Waals surface area contributed by atoms with Gasteiger partial charge in [0.2, 0.25) is 5.91 Å². The first-order chi connectivity index (χ1) is 25.8. The molecule has 1 fully saturated rings. The number of aliphatic hydroxyl groups excluding tert-OH is 6. The average molecular weight is 760 g/mol. The maximum absolute atomic E-state index is 12.9. The van der Waals surface area contributed by atoms with E-state index >= 15 is 0 Å². The van der Waals surface area contributed by atoms with E-state index in [1.807, 2.05) is 0 Å². The molecule has 0 bridgehead atoms. The molecule has 0 radical (unpaired) electrons. The highest BCUT2D eigenvalue weighted by molar-refractivity contribution is 5.76. The Hall–Kier alpha value is -0.850. The van der Waals surface area contributed by atoms with Crippen LogP contribution in [0.1, 0.15) is 206 Å². The second-order valence-electron chi connectivity index (χ2n) is 16.0. The van der Waals surface area contributed by atoms with Crippen LogP contribution in [0.4, 0.5) is 0 Å². The molecule has 0 aromatic carbocycles. The van der Waals surface area contributed by atoms with Gasteiger partial charge in [0.25, 0.3) is 0 Å². The van der Waals surface area contributed by atoms with Crippen LogP contribution < -0.4 is 5.32 Å². The Balaban J connectivity index is 2.31. The third kappa shape index (κ3) is 25.1. The van der Waals surface area contributed by atoms with Gasteiger partial charge in [-0.1, -0.05) is 187 Å². The lowest BCUT2D eigenvalue weighted by atomic mass is 9.98. The lowest BCUT2D eigenvalue weighted by Crippen LogP contribution is -2.60. The summed E-state index contributed by atoms with van der Waals surface area (Å²) in [4.78, 5) is 12.9. The summed E-state index contributed by atoms with van der Waals surface area (Å²) in [5, 5.41) is 64.8. The molecule has 53 heavy (non-hydrogen) atoms. The summed E-state index contributed by atoms with van der Waals surface area (Å²) in [7, 11) is 0. The summed E-state index contributed by atoms with van der Waals surface area (Å²) in [5.74, 6) is -0.256. The summed E-state index contributed by atoms with van der Waals surface area (Å²) in [6.07, 6.45) is 25.6. The van der Waals surface area contributed by atoms with Crippen molar-refractivity contribution in [1.82, 2.24) is 5.32 Å². The predicted molar refractivity (Wildman–Crippen MR) is 214 cm³/mol. The van der Waals surface area contributed by atoms with E-state index in [2.05, 4.69) is 19.2 Å². The molecule has 1 amide bonds. The number of hydrogen-bond acceptors (Lipinski definition) is 9. The van der Waals surface area contributed by atoms with Crippen LogP contribution in [0.15, 0.2) is 0 Å². The van der Waals surface area contributed by atoms with Gasteiger partial charge in [-0.3, -0.25) is 4.79 Å². The van der Waals surface area contributed by atoms with Gasteiger partial charge in [0.05, 0.1) is 25.4 Å². The van der Waals surface area contributed by atoms with Gasteiger partial charge in [-0.2, -0.15) is 0 Å². The molecule has 7 N–H and O–H groups in total. The number of hydrogen-bond donors (Lipinski definition) is 7. The summed E-state index contributed by atoms with van der Waals surface area (Å²) in [6, 6.07) is -0.982. The van der Waals surface area contributed by atoms with E-state index in [4.69, 9.17) is 9.47 Å². The number of carbonyl (C=O) groups excluding carboxylic acids is 1.